The molecule has 1 aliphatic heterocycles. The van der Waals surface area contributed by atoms with Gasteiger partial charge >= 0.3 is 0 Å². The van der Waals surface area contributed by atoms with Gasteiger partial charge in [-0.3, -0.25) is 9.59 Å². The highest BCUT2D eigenvalue weighted by Crippen LogP contribution is 2.30. The zero-order chi connectivity index (χ0) is 27.0. The summed E-state index contributed by atoms with van der Waals surface area (Å²) in [6, 6.07) is 16.8. The van der Waals surface area contributed by atoms with Gasteiger partial charge in [0.15, 0.2) is 0 Å². The molecule has 194 valence electrons. The summed E-state index contributed by atoms with van der Waals surface area (Å²) in [5.41, 5.74) is 1.93. The molecule has 1 aliphatic rings. The highest BCUT2D eigenvalue weighted by atomic mass is 35.5. The summed E-state index contributed by atoms with van der Waals surface area (Å²) in [5.74, 6) is -1.15. The average Bonchev–Trinajstić information content (AvgIpc) is 3.13. The van der Waals surface area contributed by atoms with Gasteiger partial charge < -0.3 is 0 Å². The van der Waals surface area contributed by atoms with E-state index in [-0.39, 0.29) is 29.2 Å². The quantitative estimate of drug-likeness (QED) is 0.420. The van der Waals surface area contributed by atoms with E-state index in [2.05, 4.69) is 0 Å². The molecular weight excluding hydrogens is 538 g/mol. The van der Waals surface area contributed by atoms with Gasteiger partial charge in [0, 0.05) is 11.6 Å². The molecule has 0 aliphatic carbocycles. The van der Waals surface area contributed by atoms with Crippen molar-refractivity contribution < 1.29 is 26.4 Å². The molecule has 2 N–H and O–H groups in total. The Bertz CT molecular complexity index is 1540. The van der Waals surface area contributed by atoms with E-state index in [9.17, 15) is 26.4 Å². The maximum absolute atomic E-state index is 13.7. The largest absolute Gasteiger partial charge is 0.274 e. The molecule has 1 fully saturated rings. The number of amides is 2. The number of imide groups is 1. The number of hydrogen-bond donors (Lipinski definition) is 1. The van der Waals surface area contributed by atoms with E-state index in [0.717, 1.165) is 14.8 Å². The number of carbonyl (C=O) groups is 2. The molecule has 0 radical (unpaired) electrons. The lowest BCUT2D eigenvalue weighted by Crippen LogP contribution is -2.46. The highest BCUT2D eigenvalue weighted by molar-refractivity contribution is 7.89. The molecule has 1 heterocycles. The van der Waals surface area contributed by atoms with Gasteiger partial charge in [0.05, 0.1) is 21.9 Å². The number of halogens is 1. The number of primary sulfonamides is 1. The van der Waals surface area contributed by atoms with Gasteiger partial charge in [-0.2, -0.15) is 4.31 Å². The normalized spacial score (nSPS) is 16.5. The van der Waals surface area contributed by atoms with Gasteiger partial charge in [-0.15, -0.1) is 0 Å². The van der Waals surface area contributed by atoms with Crippen molar-refractivity contribution in [3.8, 4) is 0 Å². The number of sulfonamides is 2. The fraction of sp³-hybridized carbons (Fsp3) is 0.200. The van der Waals surface area contributed by atoms with Crippen molar-refractivity contribution >= 4 is 49.1 Å². The summed E-state index contributed by atoms with van der Waals surface area (Å²) >= 11 is 5.93. The van der Waals surface area contributed by atoms with Crippen molar-refractivity contribution in [2.24, 2.45) is 5.14 Å². The van der Waals surface area contributed by atoms with Crippen LogP contribution in [-0.4, -0.2) is 45.5 Å². The van der Waals surface area contributed by atoms with E-state index < -0.39 is 37.9 Å². The number of hydrogen-bond acceptors (Lipinski definition) is 6. The van der Waals surface area contributed by atoms with Crippen LogP contribution in [0.3, 0.4) is 0 Å². The molecule has 12 heteroatoms. The molecule has 3 aromatic rings. The second kappa shape index (κ2) is 10.3. The first-order chi connectivity index (χ1) is 17.4. The summed E-state index contributed by atoms with van der Waals surface area (Å²) in [4.78, 5) is 27.2. The SMILES string of the molecule is Cc1ccc(N2C(=O)CC(N(CCc3ccc(S(N)(=O)=O)cc3)S(=O)(=O)c3ccc(Cl)cc3)C2=O)cc1. The van der Waals surface area contributed by atoms with Crippen molar-refractivity contribution in [2.45, 2.75) is 35.6 Å². The minimum atomic E-state index is -4.21. The summed E-state index contributed by atoms with van der Waals surface area (Å²) in [6.45, 7) is 1.74. The molecule has 3 aromatic carbocycles. The Kier molecular flexibility index (Phi) is 7.54. The number of carbonyl (C=O) groups excluding carboxylic acids is 2. The lowest BCUT2D eigenvalue weighted by Gasteiger charge is -2.27. The molecule has 9 nitrogen and oxygen atoms in total. The molecule has 0 spiro atoms. The van der Waals surface area contributed by atoms with Crippen molar-refractivity contribution in [1.82, 2.24) is 4.31 Å². The number of rotatable bonds is 8. The van der Waals surface area contributed by atoms with Crippen molar-refractivity contribution in [1.29, 1.82) is 0 Å². The van der Waals surface area contributed by atoms with Gasteiger partial charge in [0.25, 0.3) is 5.91 Å². The van der Waals surface area contributed by atoms with Crippen LogP contribution >= 0.6 is 11.6 Å². The smallest absolute Gasteiger partial charge is 0.252 e. The molecule has 4 rings (SSSR count). The topological polar surface area (TPSA) is 135 Å². The molecular formula is C25H24ClN3O6S2. The third kappa shape index (κ3) is 5.76. The minimum Gasteiger partial charge on any atom is -0.274 e. The van der Waals surface area contributed by atoms with Gasteiger partial charge in [-0.05, 0) is 67.4 Å². The predicted octanol–water partition coefficient (Wildman–Crippen LogP) is 2.86. The number of anilines is 1. The standard InChI is InChI=1S/C25H24ClN3O6S2/c1-17-2-8-20(9-3-17)29-24(30)16-23(25(29)31)28(37(34,35)22-12-6-19(26)7-13-22)15-14-18-4-10-21(11-5-18)36(27,32)33/h2-13,23H,14-16H2,1H3,(H2,27,32,33). The Morgan fingerprint density at radius 2 is 1.46 bits per heavy atom. The lowest BCUT2D eigenvalue weighted by atomic mass is 10.1. The first-order valence-electron chi connectivity index (χ1n) is 11.2. The Morgan fingerprint density at radius 1 is 0.892 bits per heavy atom. The molecule has 2 amide bonds. The first kappa shape index (κ1) is 27.0. The molecule has 0 saturated carbocycles. The monoisotopic (exact) mass is 561 g/mol. The van der Waals surface area contributed by atoms with Crippen LogP contribution in [0.5, 0.6) is 0 Å². The fourth-order valence-electron chi connectivity index (χ4n) is 4.08. The molecule has 1 unspecified atom stereocenters. The molecule has 1 saturated heterocycles. The summed E-state index contributed by atoms with van der Waals surface area (Å²) in [6.07, 6.45) is -0.163. The van der Waals surface area contributed by atoms with Crippen LogP contribution < -0.4 is 10.0 Å². The van der Waals surface area contributed by atoms with Crippen molar-refractivity contribution in [3.05, 3.63) is 88.9 Å². The Labute approximate surface area is 220 Å². The van der Waals surface area contributed by atoms with Crippen LogP contribution in [0.15, 0.2) is 82.6 Å². The van der Waals surface area contributed by atoms with Crippen LogP contribution in [0.4, 0.5) is 5.69 Å². The zero-order valence-corrected chi connectivity index (χ0v) is 22.1. The van der Waals surface area contributed by atoms with E-state index >= 15 is 0 Å². The maximum atomic E-state index is 13.7. The second-order valence-corrected chi connectivity index (χ2v) is 12.5. The van der Waals surface area contributed by atoms with Gasteiger partial charge in [-0.1, -0.05) is 41.4 Å². The second-order valence-electron chi connectivity index (χ2n) is 8.63. The van der Waals surface area contributed by atoms with E-state index in [4.69, 9.17) is 16.7 Å². The van der Waals surface area contributed by atoms with E-state index in [1.807, 2.05) is 6.92 Å². The summed E-state index contributed by atoms with van der Waals surface area (Å²) < 4.78 is 51.5. The lowest BCUT2D eigenvalue weighted by molar-refractivity contribution is -0.122. The number of nitrogens with two attached hydrogens (primary N) is 1. The predicted molar refractivity (Wildman–Crippen MR) is 139 cm³/mol. The zero-order valence-electron chi connectivity index (χ0n) is 19.7. The van der Waals surface area contributed by atoms with E-state index in [1.54, 1.807) is 24.3 Å². The van der Waals surface area contributed by atoms with Gasteiger partial charge in [0.2, 0.25) is 26.0 Å². The number of aryl methyl sites for hydroxylation is 1. The Balaban J connectivity index is 1.67. The minimum absolute atomic E-state index is 0.0736. The van der Waals surface area contributed by atoms with Gasteiger partial charge in [0.1, 0.15) is 6.04 Å². The molecule has 37 heavy (non-hydrogen) atoms. The Morgan fingerprint density at radius 3 is 2.03 bits per heavy atom. The first-order valence-corrected chi connectivity index (χ1v) is 14.6. The number of benzene rings is 3. The molecule has 0 aromatic heterocycles. The van der Waals surface area contributed by atoms with E-state index in [0.29, 0.717) is 16.3 Å². The van der Waals surface area contributed by atoms with Crippen LogP contribution in [0.1, 0.15) is 17.5 Å². The molecule has 0 bridgehead atoms. The fourth-order valence-corrected chi connectivity index (χ4v) is 6.30. The third-order valence-electron chi connectivity index (χ3n) is 6.06. The summed E-state index contributed by atoms with van der Waals surface area (Å²) in [7, 11) is -8.09. The van der Waals surface area contributed by atoms with Crippen molar-refractivity contribution in [2.75, 3.05) is 11.4 Å². The van der Waals surface area contributed by atoms with Crippen LogP contribution in [0.2, 0.25) is 5.02 Å². The summed E-state index contributed by atoms with van der Waals surface area (Å²) in [5, 5.41) is 5.49. The maximum Gasteiger partial charge on any atom is 0.252 e. The van der Waals surface area contributed by atoms with E-state index in [1.165, 1.54) is 48.5 Å². The highest BCUT2D eigenvalue weighted by Gasteiger charge is 2.46. The van der Waals surface area contributed by atoms with Crippen LogP contribution in [-0.2, 0) is 36.1 Å². The third-order valence-corrected chi connectivity index (χ3v) is 9.16. The van der Waals surface area contributed by atoms with Crippen LogP contribution in [0.25, 0.3) is 0 Å². The van der Waals surface area contributed by atoms with Crippen LogP contribution in [0, 0.1) is 6.92 Å². The van der Waals surface area contributed by atoms with Gasteiger partial charge in [-0.25, -0.2) is 26.9 Å². The van der Waals surface area contributed by atoms with Crippen molar-refractivity contribution in [3.63, 3.8) is 0 Å². The Hall–Kier alpha value is -3.09. The number of nitrogens with zero attached hydrogens (tertiary/aromatic N) is 2. The molecule has 1 atom stereocenters. The average molecular weight is 562 g/mol.